The van der Waals surface area contributed by atoms with Crippen molar-refractivity contribution in [1.82, 2.24) is 9.97 Å². The van der Waals surface area contributed by atoms with Crippen LogP contribution >= 0.6 is 0 Å². The van der Waals surface area contributed by atoms with E-state index in [0.29, 0.717) is 72.9 Å². The molecule has 1 fully saturated rings. The van der Waals surface area contributed by atoms with Crippen LogP contribution in [0.15, 0.2) is 24.3 Å². The zero-order valence-corrected chi connectivity index (χ0v) is 18.1. The lowest BCUT2D eigenvalue weighted by Crippen LogP contribution is -2.33. The summed E-state index contributed by atoms with van der Waals surface area (Å²) in [4.78, 5) is 9.11. The van der Waals surface area contributed by atoms with Crippen molar-refractivity contribution in [2.75, 3.05) is 25.1 Å². The van der Waals surface area contributed by atoms with E-state index in [-0.39, 0.29) is 12.1 Å². The summed E-state index contributed by atoms with van der Waals surface area (Å²) in [6.45, 7) is 3.10. The van der Waals surface area contributed by atoms with Gasteiger partial charge in [-0.3, -0.25) is 0 Å². The highest BCUT2D eigenvalue weighted by Crippen LogP contribution is 2.45. The number of aromatic nitrogens is 2. The Bertz CT molecular complexity index is 1210. The second kappa shape index (κ2) is 8.46. The van der Waals surface area contributed by atoms with E-state index in [9.17, 15) is 18.3 Å². The van der Waals surface area contributed by atoms with E-state index < -0.39 is 23.4 Å². The molecule has 5 rings (SSSR count). The Hall–Kier alpha value is -2.91. The fraction of sp³-hybridized carbons (Fsp3) is 0.417. The van der Waals surface area contributed by atoms with Crippen molar-refractivity contribution < 1.29 is 27.8 Å². The minimum absolute atomic E-state index is 0.0288. The van der Waals surface area contributed by atoms with E-state index in [1.165, 1.54) is 12.1 Å². The second-order valence-corrected chi connectivity index (χ2v) is 8.46. The Morgan fingerprint density at radius 3 is 2.73 bits per heavy atom. The molecule has 1 saturated heterocycles. The average molecular weight is 459 g/mol. The van der Waals surface area contributed by atoms with Gasteiger partial charge in [-0.25, -0.2) is 23.1 Å². The number of aliphatic hydroxyl groups is 1. The Kier molecular flexibility index (Phi) is 5.62. The van der Waals surface area contributed by atoms with Crippen molar-refractivity contribution >= 4 is 16.7 Å². The van der Waals surface area contributed by atoms with Crippen molar-refractivity contribution in [3.8, 4) is 5.75 Å². The molecule has 3 aromatic rings. The summed E-state index contributed by atoms with van der Waals surface area (Å²) < 4.78 is 52.1. The smallest absolute Gasteiger partial charge is 0.266 e. The minimum atomic E-state index is -2.89. The van der Waals surface area contributed by atoms with Crippen molar-refractivity contribution in [1.29, 1.82) is 0 Å². The number of anilines is 1. The number of nitrogens with zero attached hydrogens (tertiary/aromatic N) is 2. The number of ether oxygens (including phenoxy) is 2. The molecule has 0 bridgehead atoms. The van der Waals surface area contributed by atoms with E-state index in [1.807, 2.05) is 6.07 Å². The number of hydrogen-bond acceptors (Lipinski definition) is 6. The van der Waals surface area contributed by atoms with Crippen molar-refractivity contribution in [2.24, 2.45) is 0 Å². The lowest BCUT2D eigenvalue weighted by atomic mass is 9.84. The first-order chi connectivity index (χ1) is 15.9. The second-order valence-electron chi connectivity index (χ2n) is 8.46. The number of rotatable bonds is 5. The summed E-state index contributed by atoms with van der Waals surface area (Å²) >= 11 is 0. The van der Waals surface area contributed by atoms with E-state index in [1.54, 1.807) is 6.92 Å². The van der Waals surface area contributed by atoms with Crippen LogP contribution < -0.4 is 10.1 Å². The predicted molar refractivity (Wildman–Crippen MR) is 116 cm³/mol. The zero-order valence-electron chi connectivity index (χ0n) is 18.1. The normalized spacial score (nSPS) is 17.3. The molecule has 0 spiro atoms. The van der Waals surface area contributed by atoms with Crippen LogP contribution in [0.5, 0.6) is 5.75 Å². The number of nitrogens with one attached hydrogen (secondary N) is 1. The predicted octanol–water partition coefficient (Wildman–Crippen LogP) is 4.56. The van der Waals surface area contributed by atoms with Crippen LogP contribution in [0.2, 0.25) is 0 Å². The number of fused-ring (bicyclic) bond motifs is 3. The van der Waals surface area contributed by atoms with Gasteiger partial charge < -0.3 is 19.9 Å². The Balaban J connectivity index is 1.59. The lowest BCUT2D eigenvalue weighted by Gasteiger charge is -2.33. The van der Waals surface area contributed by atoms with Crippen LogP contribution in [0.1, 0.15) is 47.3 Å². The van der Waals surface area contributed by atoms with Crippen LogP contribution in [-0.2, 0) is 23.3 Å². The average Bonchev–Trinajstić information content (AvgIpc) is 3.28. The molecule has 0 aliphatic carbocycles. The van der Waals surface area contributed by atoms with Gasteiger partial charge in [0, 0.05) is 61.1 Å². The Morgan fingerprint density at radius 2 is 1.97 bits per heavy atom. The maximum atomic E-state index is 14.5. The molecule has 0 atom stereocenters. The van der Waals surface area contributed by atoms with Gasteiger partial charge in [-0.1, -0.05) is 18.2 Å². The molecule has 2 aliphatic rings. The van der Waals surface area contributed by atoms with Crippen LogP contribution in [0.4, 0.5) is 19.0 Å². The molecule has 9 heteroatoms. The number of alkyl halides is 2. The molecule has 0 amide bonds. The van der Waals surface area contributed by atoms with Gasteiger partial charge >= 0.3 is 0 Å². The molecule has 6 nitrogen and oxygen atoms in total. The summed E-state index contributed by atoms with van der Waals surface area (Å²) in [5.41, 5.74) is 0.676. The van der Waals surface area contributed by atoms with Crippen molar-refractivity contribution in [3.63, 3.8) is 0 Å². The first-order valence-electron chi connectivity index (χ1n) is 10.9. The molecule has 0 radical (unpaired) electrons. The molecule has 174 valence electrons. The Morgan fingerprint density at radius 1 is 1.18 bits per heavy atom. The van der Waals surface area contributed by atoms with E-state index in [0.717, 1.165) is 11.6 Å². The lowest BCUT2D eigenvalue weighted by molar-refractivity contribution is -0.0688. The topological polar surface area (TPSA) is 76.5 Å². The van der Waals surface area contributed by atoms with Gasteiger partial charge in [0.15, 0.2) is 0 Å². The van der Waals surface area contributed by atoms with Gasteiger partial charge in [-0.2, -0.15) is 0 Å². The number of hydrogen-bond donors (Lipinski definition) is 2. The summed E-state index contributed by atoms with van der Waals surface area (Å²) in [5, 5.41) is 15.2. The van der Waals surface area contributed by atoms with Crippen LogP contribution in [-0.4, -0.2) is 34.9 Å². The molecule has 1 aromatic heterocycles. The van der Waals surface area contributed by atoms with Gasteiger partial charge in [0.1, 0.15) is 23.2 Å². The van der Waals surface area contributed by atoms with Crippen molar-refractivity contribution in [3.05, 3.63) is 58.2 Å². The highest BCUT2D eigenvalue weighted by molar-refractivity contribution is 5.94. The largest absolute Gasteiger partial charge is 0.492 e. The Labute approximate surface area is 188 Å². The molecule has 0 unspecified atom stereocenters. The van der Waals surface area contributed by atoms with Crippen LogP contribution in [0, 0.1) is 12.7 Å². The fourth-order valence-corrected chi connectivity index (χ4v) is 4.62. The summed E-state index contributed by atoms with van der Waals surface area (Å²) in [6.07, 6.45) is -1.37. The van der Waals surface area contributed by atoms with Gasteiger partial charge in [0.2, 0.25) is 0 Å². The molecular weight excluding hydrogens is 435 g/mol. The summed E-state index contributed by atoms with van der Waals surface area (Å²) in [7, 11) is 0. The highest BCUT2D eigenvalue weighted by Gasteiger charge is 2.38. The molecule has 2 aromatic carbocycles. The van der Waals surface area contributed by atoms with E-state index >= 15 is 0 Å². The van der Waals surface area contributed by atoms with Gasteiger partial charge in [0.05, 0.1) is 23.3 Å². The quantitative estimate of drug-likeness (QED) is 0.583. The van der Waals surface area contributed by atoms with Gasteiger partial charge in [-0.15, -0.1) is 0 Å². The fourth-order valence-electron chi connectivity index (χ4n) is 4.62. The highest BCUT2D eigenvalue weighted by atomic mass is 19.3. The maximum Gasteiger partial charge on any atom is 0.266 e. The maximum absolute atomic E-state index is 14.5. The van der Waals surface area contributed by atoms with E-state index in [2.05, 4.69) is 15.3 Å². The monoisotopic (exact) mass is 459 g/mol. The van der Waals surface area contributed by atoms with E-state index in [4.69, 9.17) is 9.47 Å². The SMILES string of the molecule is Cc1nc(NCc2cccc(C(F)F)c2F)c2cc(C3(O)CCOCC3)c3c(c2n1)CCO3. The molecule has 33 heavy (non-hydrogen) atoms. The van der Waals surface area contributed by atoms with Crippen molar-refractivity contribution in [2.45, 2.75) is 44.8 Å². The molecular formula is C24H24F3N3O3. The third kappa shape index (κ3) is 3.89. The number of halogens is 3. The third-order valence-corrected chi connectivity index (χ3v) is 6.36. The summed E-state index contributed by atoms with van der Waals surface area (Å²) in [5.74, 6) is 0.692. The van der Waals surface area contributed by atoms with Crippen LogP contribution in [0.3, 0.4) is 0 Å². The first-order valence-corrected chi connectivity index (χ1v) is 10.9. The summed E-state index contributed by atoms with van der Waals surface area (Å²) in [6, 6.07) is 5.79. The standard InChI is InChI=1S/C24H24F3N3O3/c1-13-29-20-16-5-8-33-21(16)18(24(31)6-9-32-10-7-24)11-17(20)23(30-13)28-12-14-3-2-4-15(19(14)25)22(26)27/h2-4,11,22,31H,5-10,12H2,1H3,(H,28,29,30). The first kappa shape index (κ1) is 21.9. The molecule has 3 heterocycles. The molecule has 2 N–H and O–H groups in total. The van der Waals surface area contributed by atoms with Crippen LogP contribution in [0.25, 0.3) is 10.9 Å². The van der Waals surface area contributed by atoms with Gasteiger partial charge in [-0.05, 0) is 13.0 Å². The van der Waals surface area contributed by atoms with Gasteiger partial charge in [0.25, 0.3) is 6.43 Å². The minimum Gasteiger partial charge on any atom is -0.492 e. The molecule has 0 saturated carbocycles. The number of aryl methyl sites for hydroxylation is 1. The zero-order chi connectivity index (χ0) is 23.2. The number of benzene rings is 2. The third-order valence-electron chi connectivity index (χ3n) is 6.36. The molecule has 2 aliphatic heterocycles.